The molecule has 1 N–H and O–H groups in total. The highest BCUT2D eigenvalue weighted by Gasteiger charge is 2.15. The van der Waals surface area contributed by atoms with Crippen molar-refractivity contribution in [3.8, 4) is 0 Å². The Morgan fingerprint density at radius 1 is 0.542 bits per heavy atom. The molecule has 0 aliphatic heterocycles. The Hall–Kier alpha value is -0.0400. The molecule has 0 aromatic carbocycles. The monoisotopic (exact) mass is 339 g/mol. The summed E-state index contributed by atoms with van der Waals surface area (Å²) < 4.78 is 0. The van der Waals surface area contributed by atoms with Crippen molar-refractivity contribution >= 4 is 0 Å². The molecule has 24 heavy (non-hydrogen) atoms. The summed E-state index contributed by atoms with van der Waals surface area (Å²) in [5.74, 6) is 0.965. The molecule has 0 spiro atoms. The molecule has 2 unspecified atom stereocenters. The topological polar surface area (TPSA) is 12.0 Å². The van der Waals surface area contributed by atoms with E-state index in [4.69, 9.17) is 0 Å². The lowest BCUT2D eigenvalue weighted by molar-refractivity contribution is 0.323. The molecule has 0 aliphatic carbocycles. The van der Waals surface area contributed by atoms with Crippen LogP contribution < -0.4 is 5.32 Å². The van der Waals surface area contributed by atoms with Crippen LogP contribution in [0.25, 0.3) is 0 Å². The summed E-state index contributed by atoms with van der Waals surface area (Å²) in [6, 6.07) is 0.755. The van der Waals surface area contributed by atoms with Gasteiger partial charge in [-0.25, -0.2) is 0 Å². The normalized spacial score (nSPS) is 14.0. The molecule has 0 bridgehead atoms. The first kappa shape index (κ1) is 24.0. The summed E-state index contributed by atoms with van der Waals surface area (Å²) in [6.45, 7) is 6.93. The average Bonchev–Trinajstić information content (AvgIpc) is 2.60. The predicted molar refractivity (Wildman–Crippen MR) is 112 cm³/mol. The van der Waals surface area contributed by atoms with E-state index in [1.165, 1.54) is 109 Å². The third-order valence-corrected chi connectivity index (χ3v) is 5.61. The van der Waals surface area contributed by atoms with Crippen LogP contribution in [-0.4, -0.2) is 13.1 Å². The summed E-state index contributed by atoms with van der Waals surface area (Å²) in [7, 11) is 2.17. The quantitative estimate of drug-likeness (QED) is 0.236. The van der Waals surface area contributed by atoms with Crippen LogP contribution in [0.15, 0.2) is 0 Å². The average molecular weight is 340 g/mol. The highest BCUT2D eigenvalue weighted by atomic mass is 14.9. The molecule has 146 valence electrons. The van der Waals surface area contributed by atoms with Crippen LogP contribution in [0, 0.1) is 5.92 Å². The van der Waals surface area contributed by atoms with Gasteiger partial charge in [0.05, 0.1) is 0 Å². The molecule has 0 radical (unpaired) electrons. The van der Waals surface area contributed by atoms with Crippen LogP contribution in [0.1, 0.15) is 130 Å². The number of rotatable bonds is 19. The second-order valence-electron chi connectivity index (χ2n) is 7.99. The van der Waals surface area contributed by atoms with Gasteiger partial charge in [0, 0.05) is 6.04 Å². The third-order valence-electron chi connectivity index (χ3n) is 5.61. The van der Waals surface area contributed by atoms with Gasteiger partial charge in [-0.2, -0.15) is 0 Å². The van der Waals surface area contributed by atoms with E-state index in [9.17, 15) is 0 Å². The van der Waals surface area contributed by atoms with Gasteiger partial charge in [0.15, 0.2) is 0 Å². The molecule has 0 saturated carbocycles. The van der Waals surface area contributed by atoms with E-state index in [0.29, 0.717) is 0 Å². The van der Waals surface area contributed by atoms with Crippen molar-refractivity contribution in [2.45, 2.75) is 136 Å². The maximum Gasteiger partial charge on any atom is 0.00667 e. The summed E-state index contributed by atoms with van der Waals surface area (Å²) >= 11 is 0. The molecule has 0 aliphatic rings. The van der Waals surface area contributed by atoms with Gasteiger partial charge >= 0.3 is 0 Å². The van der Waals surface area contributed by atoms with Gasteiger partial charge < -0.3 is 5.32 Å². The Morgan fingerprint density at radius 2 is 1.00 bits per heavy atom. The van der Waals surface area contributed by atoms with Crippen LogP contribution in [0.3, 0.4) is 0 Å². The second-order valence-corrected chi connectivity index (χ2v) is 7.99. The van der Waals surface area contributed by atoms with Gasteiger partial charge in [-0.05, 0) is 25.8 Å². The lowest BCUT2D eigenvalue weighted by atomic mass is 9.87. The standard InChI is InChI=1S/C23H49N/c1-5-8-11-13-15-17-19-22(18-16-14-12-9-6-2)21-23(24-4)20-10-7-3/h22-24H,5-21H2,1-4H3. The molecule has 0 aromatic heterocycles. The third kappa shape index (κ3) is 15.5. The Balaban J connectivity index is 4.06. The zero-order chi connectivity index (χ0) is 17.9. The molecular weight excluding hydrogens is 290 g/mol. The molecule has 0 heterocycles. The first-order chi connectivity index (χ1) is 11.8. The Labute approximate surface area is 154 Å². The lowest BCUT2D eigenvalue weighted by Gasteiger charge is -2.23. The molecule has 0 rings (SSSR count). The van der Waals surface area contributed by atoms with E-state index in [1.807, 2.05) is 0 Å². The lowest BCUT2D eigenvalue weighted by Crippen LogP contribution is -2.28. The van der Waals surface area contributed by atoms with Crippen molar-refractivity contribution < 1.29 is 0 Å². The van der Waals surface area contributed by atoms with Crippen molar-refractivity contribution in [3.05, 3.63) is 0 Å². The number of hydrogen-bond acceptors (Lipinski definition) is 1. The van der Waals surface area contributed by atoms with E-state index in [2.05, 4.69) is 33.1 Å². The van der Waals surface area contributed by atoms with Gasteiger partial charge in [-0.3, -0.25) is 0 Å². The van der Waals surface area contributed by atoms with Crippen LogP contribution in [0.4, 0.5) is 0 Å². The highest BCUT2D eigenvalue weighted by molar-refractivity contribution is 4.71. The fourth-order valence-corrected chi connectivity index (χ4v) is 3.86. The van der Waals surface area contributed by atoms with Gasteiger partial charge in [0.1, 0.15) is 0 Å². The van der Waals surface area contributed by atoms with E-state index in [0.717, 1.165) is 12.0 Å². The minimum absolute atomic E-state index is 0.755. The zero-order valence-electron chi connectivity index (χ0n) is 17.7. The minimum Gasteiger partial charge on any atom is -0.317 e. The van der Waals surface area contributed by atoms with E-state index in [1.54, 1.807) is 0 Å². The molecule has 0 fully saturated rings. The molecular formula is C23H49N. The predicted octanol–water partition coefficient (Wildman–Crippen LogP) is 7.88. The summed E-state index contributed by atoms with van der Waals surface area (Å²) in [6.07, 6.45) is 24.2. The number of hydrogen-bond donors (Lipinski definition) is 1. The maximum absolute atomic E-state index is 3.60. The fraction of sp³-hybridized carbons (Fsp3) is 1.00. The molecule has 1 heteroatoms. The largest absolute Gasteiger partial charge is 0.317 e. The van der Waals surface area contributed by atoms with Gasteiger partial charge in [0.2, 0.25) is 0 Å². The Morgan fingerprint density at radius 3 is 1.46 bits per heavy atom. The fourth-order valence-electron chi connectivity index (χ4n) is 3.86. The summed E-state index contributed by atoms with van der Waals surface area (Å²) in [4.78, 5) is 0. The summed E-state index contributed by atoms with van der Waals surface area (Å²) in [5, 5.41) is 3.60. The van der Waals surface area contributed by atoms with E-state index < -0.39 is 0 Å². The number of unbranched alkanes of at least 4 members (excludes halogenated alkanes) is 10. The molecule has 1 nitrogen and oxygen atoms in total. The van der Waals surface area contributed by atoms with Crippen molar-refractivity contribution in [2.24, 2.45) is 5.92 Å². The van der Waals surface area contributed by atoms with Crippen LogP contribution in [0.5, 0.6) is 0 Å². The van der Waals surface area contributed by atoms with E-state index >= 15 is 0 Å². The molecule has 2 atom stereocenters. The van der Waals surface area contributed by atoms with Gasteiger partial charge in [-0.15, -0.1) is 0 Å². The SMILES string of the molecule is CCCCCCCCC(CCCCCCC)CC(CCCC)NC. The number of nitrogens with one attached hydrogen (secondary N) is 1. The Bertz CT molecular complexity index is 226. The molecule has 0 amide bonds. The van der Waals surface area contributed by atoms with Crippen molar-refractivity contribution in [1.82, 2.24) is 5.32 Å². The van der Waals surface area contributed by atoms with Crippen molar-refractivity contribution in [1.29, 1.82) is 0 Å². The maximum atomic E-state index is 3.60. The van der Waals surface area contributed by atoms with Gasteiger partial charge in [0.25, 0.3) is 0 Å². The molecule has 0 aromatic rings. The summed E-state index contributed by atoms with van der Waals surface area (Å²) in [5.41, 5.74) is 0. The van der Waals surface area contributed by atoms with Crippen LogP contribution >= 0.6 is 0 Å². The van der Waals surface area contributed by atoms with Crippen LogP contribution in [-0.2, 0) is 0 Å². The first-order valence-electron chi connectivity index (χ1n) is 11.5. The zero-order valence-corrected chi connectivity index (χ0v) is 17.7. The highest BCUT2D eigenvalue weighted by Crippen LogP contribution is 2.24. The smallest absolute Gasteiger partial charge is 0.00667 e. The van der Waals surface area contributed by atoms with Crippen molar-refractivity contribution in [2.75, 3.05) is 7.05 Å². The minimum atomic E-state index is 0.755. The van der Waals surface area contributed by atoms with Crippen molar-refractivity contribution in [3.63, 3.8) is 0 Å². The molecule has 0 saturated heterocycles. The van der Waals surface area contributed by atoms with Gasteiger partial charge in [-0.1, -0.05) is 117 Å². The second kappa shape index (κ2) is 19.3. The van der Waals surface area contributed by atoms with E-state index in [-0.39, 0.29) is 0 Å². The Kier molecular flexibility index (Phi) is 19.3. The van der Waals surface area contributed by atoms with Crippen LogP contribution in [0.2, 0.25) is 0 Å². The first-order valence-corrected chi connectivity index (χ1v) is 11.5.